The number of hydrogen-bond donors (Lipinski definition) is 1. The van der Waals surface area contributed by atoms with Crippen molar-refractivity contribution in [1.82, 2.24) is 29.4 Å². The number of unbranched alkanes of at least 4 members (excludes halogenated alkanes) is 3. The highest BCUT2D eigenvalue weighted by atomic mass is 35.5. The van der Waals surface area contributed by atoms with Crippen molar-refractivity contribution in [2.24, 2.45) is 11.3 Å². The first kappa shape index (κ1) is 40.3. The van der Waals surface area contributed by atoms with E-state index < -0.39 is 27.5 Å². The predicted octanol–water partition coefficient (Wildman–Crippen LogP) is 7.69. The topological polar surface area (TPSA) is 146 Å². The highest BCUT2D eigenvalue weighted by Crippen LogP contribution is 2.59. The highest BCUT2D eigenvalue weighted by molar-refractivity contribution is 7.90. The van der Waals surface area contributed by atoms with E-state index >= 15 is 0 Å². The molecule has 1 atom stereocenters. The minimum Gasteiger partial charge on any atom is -0.477 e. The van der Waals surface area contributed by atoms with Crippen LogP contribution in [0.25, 0.3) is 5.82 Å². The number of ether oxygens (including phenoxy) is 2. The third kappa shape index (κ3) is 10.2. The van der Waals surface area contributed by atoms with Gasteiger partial charge in [-0.1, -0.05) is 43.9 Å². The maximum atomic E-state index is 13.1. The van der Waals surface area contributed by atoms with Gasteiger partial charge in [-0.3, -0.25) is 4.79 Å². The number of aryl methyl sites for hydroxylation is 1. The molecule has 3 aromatic heterocycles. The van der Waals surface area contributed by atoms with Crippen molar-refractivity contribution in [2.75, 3.05) is 19.8 Å². The van der Waals surface area contributed by atoms with Crippen LogP contribution in [-0.4, -0.2) is 76.5 Å². The number of alkyl halides is 3. The molecule has 1 N–H and O–H groups in total. The summed E-state index contributed by atoms with van der Waals surface area (Å²) in [5, 5.41) is 3.52. The standard InChI is InChI=1S/C36H46ClF3N6O6S/c1-4-5-20-52-33(48)45-24-26(22-34(45,2)3)10-8-6-7-9-25-11-14-30(41-23-25)53(49,50)44-32(47)27-12-13-28(42-31(27)37)46-19-15-29(43-46)51-21-18-35(16-17-35)36(38,39)40/h11-15,19,23,26H,4-10,16-18,20-22,24H2,1-3H3,(H,44,47). The van der Waals surface area contributed by atoms with Crippen LogP contribution >= 0.6 is 11.6 Å². The van der Waals surface area contributed by atoms with Gasteiger partial charge in [0.05, 0.1) is 24.2 Å². The second-order valence-electron chi connectivity index (χ2n) is 14.5. The summed E-state index contributed by atoms with van der Waals surface area (Å²) in [6.07, 6.45) is 5.82. The molecule has 3 aromatic rings. The van der Waals surface area contributed by atoms with Crippen LogP contribution in [0.3, 0.4) is 0 Å². The van der Waals surface area contributed by atoms with Crippen LogP contribution < -0.4 is 9.46 Å². The number of aromatic nitrogens is 4. The van der Waals surface area contributed by atoms with Gasteiger partial charge in [-0.05, 0) is 94.9 Å². The minimum atomic E-state index is -4.33. The molecule has 1 saturated heterocycles. The Hall–Kier alpha value is -3.92. The lowest BCUT2D eigenvalue weighted by Crippen LogP contribution is -2.43. The number of sulfonamides is 1. The largest absolute Gasteiger partial charge is 0.477 e. The second kappa shape index (κ2) is 16.6. The van der Waals surface area contributed by atoms with Crippen molar-refractivity contribution >= 4 is 33.6 Å². The molecule has 1 unspecified atom stereocenters. The summed E-state index contributed by atoms with van der Waals surface area (Å²) >= 11 is 6.24. The molecule has 17 heteroatoms. The number of nitrogens with zero attached hydrogens (tertiary/aromatic N) is 5. The molecule has 12 nitrogen and oxygen atoms in total. The molecule has 53 heavy (non-hydrogen) atoms. The van der Waals surface area contributed by atoms with E-state index in [9.17, 15) is 31.2 Å². The van der Waals surface area contributed by atoms with Gasteiger partial charge in [0.15, 0.2) is 10.8 Å². The lowest BCUT2D eigenvalue weighted by Gasteiger charge is -2.30. The first-order chi connectivity index (χ1) is 25.0. The minimum absolute atomic E-state index is 0.0870. The maximum absolute atomic E-state index is 13.1. The molecule has 0 bridgehead atoms. The van der Waals surface area contributed by atoms with Crippen LogP contribution in [0.2, 0.25) is 5.15 Å². The van der Waals surface area contributed by atoms with Crippen LogP contribution in [-0.2, 0) is 21.2 Å². The van der Waals surface area contributed by atoms with Crippen LogP contribution in [0.1, 0.15) is 101 Å². The van der Waals surface area contributed by atoms with Crippen LogP contribution in [0.15, 0.2) is 47.8 Å². The van der Waals surface area contributed by atoms with Gasteiger partial charge in [-0.2, -0.15) is 21.6 Å². The van der Waals surface area contributed by atoms with Crippen LogP contribution in [0.5, 0.6) is 5.88 Å². The number of pyridine rings is 2. The Balaban J connectivity index is 1.05. The number of hydrogen-bond acceptors (Lipinski definition) is 9. The molecule has 0 aromatic carbocycles. The number of nitrogens with one attached hydrogen (secondary N) is 1. The molecule has 4 heterocycles. The maximum Gasteiger partial charge on any atom is 0.410 e. The van der Waals surface area contributed by atoms with E-state index in [1.807, 2.05) is 9.62 Å². The molecular weight excluding hydrogens is 737 g/mol. The Morgan fingerprint density at radius 1 is 1.06 bits per heavy atom. The number of halogens is 4. The smallest absolute Gasteiger partial charge is 0.410 e. The molecule has 5 rings (SSSR count). The monoisotopic (exact) mass is 782 g/mol. The summed E-state index contributed by atoms with van der Waals surface area (Å²) in [6, 6.07) is 7.12. The van der Waals surface area contributed by atoms with Gasteiger partial charge in [-0.25, -0.2) is 24.2 Å². The zero-order valence-corrected chi connectivity index (χ0v) is 31.7. The Kier molecular flexibility index (Phi) is 12.6. The summed E-state index contributed by atoms with van der Waals surface area (Å²) in [6.45, 7) is 7.21. The molecule has 290 valence electrons. The number of likely N-dealkylation sites (tertiary alicyclic amines) is 1. The van der Waals surface area contributed by atoms with E-state index in [1.54, 1.807) is 6.07 Å². The summed E-state index contributed by atoms with van der Waals surface area (Å²) in [7, 11) is -4.33. The molecular formula is C36H46ClF3N6O6S. The molecule has 1 aliphatic heterocycles. The third-order valence-corrected chi connectivity index (χ3v) is 11.5. The lowest BCUT2D eigenvalue weighted by molar-refractivity contribution is -0.190. The molecule has 2 aliphatic rings. The van der Waals surface area contributed by atoms with Gasteiger partial charge in [0.1, 0.15) is 5.15 Å². The quantitative estimate of drug-likeness (QED) is 0.108. The van der Waals surface area contributed by atoms with Crippen molar-refractivity contribution in [3.8, 4) is 11.7 Å². The Morgan fingerprint density at radius 3 is 2.49 bits per heavy atom. The van der Waals surface area contributed by atoms with Crippen molar-refractivity contribution in [2.45, 2.75) is 108 Å². The molecule has 0 spiro atoms. The zero-order chi connectivity index (χ0) is 38.4. The average Bonchev–Trinajstić information content (AvgIpc) is 3.64. The molecule has 2 fully saturated rings. The number of amides is 2. The Morgan fingerprint density at radius 2 is 1.83 bits per heavy atom. The van der Waals surface area contributed by atoms with E-state index in [4.69, 9.17) is 21.1 Å². The van der Waals surface area contributed by atoms with E-state index in [-0.39, 0.29) is 64.9 Å². The molecule has 1 aliphatic carbocycles. The Labute approximate surface area is 312 Å². The van der Waals surface area contributed by atoms with Crippen molar-refractivity contribution in [3.05, 3.63) is 59.0 Å². The molecule has 1 saturated carbocycles. The Bertz CT molecular complexity index is 1850. The predicted molar refractivity (Wildman–Crippen MR) is 190 cm³/mol. The van der Waals surface area contributed by atoms with Crippen molar-refractivity contribution < 1.29 is 40.7 Å². The number of carbonyl (C=O) groups is 2. The SMILES string of the molecule is CCCCOC(=O)N1CC(CCCCCc2ccc(S(=O)(=O)NC(=O)c3ccc(-n4ccc(OCCC5(C(F)(F)F)CC5)n4)nc3Cl)nc2)CC1(C)C. The summed E-state index contributed by atoms with van der Waals surface area (Å²) in [5.74, 6) is -0.330. The fourth-order valence-corrected chi connectivity index (χ4v) is 7.71. The third-order valence-electron chi connectivity index (χ3n) is 9.94. The number of carbonyl (C=O) groups excluding carboxylic acids is 2. The van der Waals surface area contributed by atoms with Crippen LogP contribution in [0.4, 0.5) is 18.0 Å². The van der Waals surface area contributed by atoms with Gasteiger partial charge in [0.2, 0.25) is 5.88 Å². The lowest BCUT2D eigenvalue weighted by atomic mass is 9.92. The fraction of sp³-hybridized carbons (Fsp3) is 0.583. The fourth-order valence-electron chi connectivity index (χ4n) is 6.58. The number of rotatable bonds is 17. The van der Waals surface area contributed by atoms with Crippen molar-refractivity contribution in [1.29, 1.82) is 0 Å². The van der Waals surface area contributed by atoms with Crippen LogP contribution in [0, 0.1) is 11.3 Å². The van der Waals surface area contributed by atoms with Crippen molar-refractivity contribution in [3.63, 3.8) is 0 Å². The summed E-state index contributed by atoms with van der Waals surface area (Å²) in [5.41, 5.74) is -1.25. The van der Waals surface area contributed by atoms with Gasteiger partial charge >= 0.3 is 12.3 Å². The molecule has 0 radical (unpaired) electrons. The van der Waals surface area contributed by atoms with E-state index in [1.165, 1.54) is 41.3 Å². The van der Waals surface area contributed by atoms with Gasteiger partial charge in [0, 0.05) is 30.5 Å². The normalized spacial score (nSPS) is 17.8. The van der Waals surface area contributed by atoms with Gasteiger partial charge in [0.25, 0.3) is 15.9 Å². The van der Waals surface area contributed by atoms with E-state index in [2.05, 4.69) is 35.8 Å². The average molecular weight is 783 g/mol. The second-order valence-corrected chi connectivity index (χ2v) is 16.5. The summed E-state index contributed by atoms with van der Waals surface area (Å²) in [4.78, 5) is 35.5. The van der Waals surface area contributed by atoms with E-state index in [0.29, 0.717) is 25.5 Å². The molecule has 2 amide bonds. The first-order valence-corrected chi connectivity index (χ1v) is 19.8. The highest BCUT2D eigenvalue weighted by Gasteiger charge is 2.62. The zero-order valence-electron chi connectivity index (χ0n) is 30.1. The van der Waals surface area contributed by atoms with Gasteiger partial charge < -0.3 is 14.4 Å². The van der Waals surface area contributed by atoms with E-state index in [0.717, 1.165) is 50.5 Å². The van der Waals surface area contributed by atoms with Gasteiger partial charge in [-0.15, -0.1) is 5.10 Å². The first-order valence-electron chi connectivity index (χ1n) is 17.9. The summed E-state index contributed by atoms with van der Waals surface area (Å²) < 4.78 is 79.4.